The van der Waals surface area contributed by atoms with E-state index in [4.69, 9.17) is 26.4 Å². The molecule has 1 fully saturated rings. The Bertz CT molecular complexity index is 1170. The molecule has 1 saturated heterocycles. The highest BCUT2D eigenvalue weighted by Gasteiger charge is 2.26. The van der Waals surface area contributed by atoms with Gasteiger partial charge in [-0.2, -0.15) is 0 Å². The normalized spacial score (nSPS) is 17.2. The number of nitrogens with one attached hydrogen (secondary N) is 2. The molecule has 0 aliphatic carbocycles. The van der Waals surface area contributed by atoms with E-state index in [2.05, 4.69) is 20.5 Å². The SMILES string of the molecule is O=C(NC(=S)Nc1ccc2c(c1)OC(c1ccccc1)O2)c1ccc(CN2CCOCC2)nc1. The van der Waals surface area contributed by atoms with Crippen LogP contribution in [0.4, 0.5) is 5.69 Å². The second kappa shape index (κ2) is 10.2. The molecule has 1 amide bonds. The molecule has 1 aromatic heterocycles. The zero-order chi connectivity index (χ0) is 23.3. The molecule has 9 heteroatoms. The van der Waals surface area contributed by atoms with Crippen molar-refractivity contribution in [3.05, 3.63) is 83.7 Å². The minimum absolute atomic E-state index is 0.181. The molecule has 0 saturated carbocycles. The zero-order valence-electron chi connectivity index (χ0n) is 18.4. The highest BCUT2D eigenvalue weighted by atomic mass is 32.1. The lowest BCUT2D eigenvalue weighted by molar-refractivity contribution is 0.0336. The van der Waals surface area contributed by atoms with Crippen molar-refractivity contribution in [2.75, 3.05) is 31.6 Å². The van der Waals surface area contributed by atoms with Gasteiger partial charge in [-0.3, -0.25) is 20.0 Å². The predicted molar refractivity (Wildman–Crippen MR) is 131 cm³/mol. The minimum atomic E-state index is -0.489. The summed E-state index contributed by atoms with van der Waals surface area (Å²) in [6.45, 7) is 3.98. The molecule has 0 radical (unpaired) electrons. The van der Waals surface area contributed by atoms with Gasteiger partial charge in [-0.05, 0) is 36.5 Å². The number of morpholine rings is 1. The average molecular weight is 477 g/mol. The number of nitrogens with zero attached hydrogens (tertiary/aromatic N) is 2. The van der Waals surface area contributed by atoms with Gasteiger partial charge in [-0.25, -0.2) is 0 Å². The van der Waals surface area contributed by atoms with Crippen molar-refractivity contribution in [2.24, 2.45) is 0 Å². The van der Waals surface area contributed by atoms with E-state index in [1.165, 1.54) is 0 Å². The van der Waals surface area contributed by atoms with Crippen molar-refractivity contribution in [3.8, 4) is 11.5 Å². The highest BCUT2D eigenvalue weighted by Crippen LogP contribution is 2.41. The van der Waals surface area contributed by atoms with Gasteiger partial charge in [0.1, 0.15) is 0 Å². The summed E-state index contributed by atoms with van der Waals surface area (Å²) in [6, 6.07) is 18.7. The van der Waals surface area contributed by atoms with Crippen LogP contribution in [-0.4, -0.2) is 47.2 Å². The lowest BCUT2D eigenvalue weighted by atomic mass is 10.2. The molecule has 2 aliphatic heterocycles. The van der Waals surface area contributed by atoms with Gasteiger partial charge in [-0.1, -0.05) is 30.3 Å². The van der Waals surface area contributed by atoms with E-state index in [9.17, 15) is 4.79 Å². The van der Waals surface area contributed by atoms with E-state index in [0.29, 0.717) is 22.7 Å². The van der Waals surface area contributed by atoms with Crippen LogP contribution in [0.2, 0.25) is 0 Å². The molecule has 34 heavy (non-hydrogen) atoms. The van der Waals surface area contributed by atoms with Gasteiger partial charge in [0.05, 0.1) is 24.5 Å². The first kappa shape index (κ1) is 22.3. The third-order valence-electron chi connectivity index (χ3n) is 5.54. The third kappa shape index (κ3) is 5.33. The smallest absolute Gasteiger partial charge is 0.267 e. The number of thiocarbonyl (C=S) groups is 1. The molecule has 2 aliphatic rings. The van der Waals surface area contributed by atoms with Crippen LogP contribution in [0.15, 0.2) is 66.9 Å². The molecular weight excluding hydrogens is 452 g/mol. The second-order valence-electron chi connectivity index (χ2n) is 7.97. The van der Waals surface area contributed by atoms with Crippen LogP contribution in [0.5, 0.6) is 11.5 Å². The Labute approximate surface area is 202 Å². The fourth-order valence-corrected chi connectivity index (χ4v) is 3.97. The first-order valence-corrected chi connectivity index (χ1v) is 11.4. The van der Waals surface area contributed by atoms with Gasteiger partial charge in [0.2, 0.25) is 0 Å². The van der Waals surface area contributed by atoms with Crippen molar-refractivity contribution in [1.82, 2.24) is 15.2 Å². The maximum atomic E-state index is 12.6. The van der Waals surface area contributed by atoms with Gasteiger partial charge >= 0.3 is 0 Å². The van der Waals surface area contributed by atoms with Gasteiger partial charge in [0.15, 0.2) is 16.6 Å². The van der Waals surface area contributed by atoms with E-state index in [1.807, 2.05) is 48.5 Å². The number of aromatic nitrogens is 1. The van der Waals surface area contributed by atoms with Crippen LogP contribution in [0.25, 0.3) is 0 Å². The van der Waals surface area contributed by atoms with E-state index in [-0.39, 0.29) is 11.0 Å². The molecule has 5 rings (SSSR count). The molecule has 174 valence electrons. The number of benzene rings is 2. The lowest BCUT2D eigenvalue weighted by Gasteiger charge is -2.26. The zero-order valence-corrected chi connectivity index (χ0v) is 19.2. The largest absolute Gasteiger partial charge is 0.447 e. The Hall–Kier alpha value is -3.53. The summed E-state index contributed by atoms with van der Waals surface area (Å²) >= 11 is 5.32. The third-order valence-corrected chi connectivity index (χ3v) is 5.75. The maximum Gasteiger partial charge on any atom is 0.267 e. The quantitative estimate of drug-likeness (QED) is 0.542. The molecule has 1 unspecified atom stereocenters. The Morgan fingerprint density at radius 3 is 2.59 bits per heavy atom. The number of fused-ring (bicyclic) bond motifs is 1. The molecule has 2 N–H and O–H groups in total. The van der Waals surface area contributed by atoms with Crippen molar-refractivity contribution >= 4 is 28.9 Å². The van der Waals surface area contributed by atoms with Crippen LogP contribution in [0.3, 0.4) is 0 Å². The summed E-state index contributed by atoms with van der Waals surface area (Å²) < 4.78 is 17.1. The van der Waals surface area contributed by atoms with Crippen LogP contribution >= 0.6 is 12.2 Å². The topological polar surface area (TPSA) is 85.0 Å². The standard InChI is InChI=1S/C25H24N4O4S/c30-23(18-6-7-20(26-15-18)16-29-10-12-31-13-11-29)28-25(34)27-19-8-9-21-22(14-19)33-24(32-21)17-4-2-1-3-5-17/h1-9,14-15,24H,10-13,16H2,(H2,27,28,30,34). The fourth-order valence-electron chi connectivity index (χ4n) is 3.75. The summed E-state index contributed by atoms with van der Waals surface area (Å²) in [4.78, 5) is 19.3. The van der Waals surface area contributed by atoms with Crippen LogP contribution in [0, 0.1) is 0 Å². The first-order chi connectivity index (χ1) is 16.6. The lowest BCUT2D eigenvalue weighted by Crippen LogP contribution is -2.36. The average Bonchev–Trinajstić information content (AvgIpc) is 3.29. The number of carbonyl (C=O) groups is 1. The summed E-state index contributed by atoms with van der Waals surface area (Å²) in [5, 5.41) is 5.89. The van der Waals surface area contributed by atoms with Gasteiger partial charge < -0.3 is 19.5 Å². The Kier molecular flexibility index (Phi) is 6.66. The fraction of sp³-hybridized carbons (Fsp3) is 0.240. The van der Waals surface area contributed by atoms with Gasteiger partial charge in [-0.15, -0.1) is 0 Å². The molecule has 2 aromatic carbocycles. The number of anilines is 1. The number of rotatable bonds is 5. The molecule has 8 nitrogen and oxygen atoms in total. The summed E-state index contributed by atoms with van der Waals surface area (Å²) in [6.07, 6.45) is 1.08. The van der Waals surface area contributed by atoms with Gasteiger partial charge in [0, 0.05) is 43.1 Å². The number of amides is 1. The van der Waals surface area contributed by atoms with Crippen molar-refractivity contribution < 1.29 is 19.0 Å². The molecule has 0 spiro atoms. The second-order valence-corrected chi connectivity index (χ2v) is 8.38. The minimum Gasteiger partial charge on any atom is -0.447 e. The summed E-state index contributed by atoms with van der Waals surface area (Å²) in [7, 11) is 0. The summed E-state index contributed by atoms with van der Waals surface area (Å²) in [5.41, 5.74) is 2.96. The van der Waals surface area contributed by atoms with Crippen LogP contribution in [-0.2, 0) is 11.3 Å². The highest BCUT2D eigenvalue weighted by molar-refractivity contribution is 7.80. The van der Waals surface area contributed by atoms with Crippen molar-refractivity contribution in [3.63, 3.8) is 0 Å². The van der Waals surface area contributed by atoms with Crippen molar-refractivity contribution in [1.29, 1.82) is 0 Å². The first-order valence-electron chi connectivity index (χ1n) is 11.0. The molecule has 0 bridgehead atoms. The van der Waals surface area contributed by atoms with Crippen molar-refractivity contribution in [2.45, 2.75) is 12.8 Å². The number of ether oxygens (including phenoxy) is 3. The van der Waals surface area contributed by atoms with Gasteiger partial charge in [0.25, 0.3) is 12.2 Å². The monoisotopic (exact) mass is 476 g/mol. The molecular formula is C25H24N4O4S. The maximum absolute atomic E-state index is 12.6. The number of hydrogen-bond donors (Lipinski definition) is 2. The Morgan fingerprint density at radius 2 is 1.82 bits per heavy atom. The molecule has 3 heterocycles. The number of carbonyl (C=O) groups excluding carboxylic acids is 1. The predicted octanol–water partition coefficient (Wildman–Crippen LogP) is 3.51. The molecule has 1 atom stereocenters. The van der Waals surface area contributed by atoms with E-state index in [1.54, 1.807) is 18.3 Å². The number of hydrogen-bond acceptors (Lipinski definition) is 7. The molecule has 3 aromatic rings. The van der Waals surface area contributed by atoms with Crippen LogP contribution < -0.4 is 20.1 Å². The van der Waals surface area contributed by atoms with E-state index in [0.717, 1.165) is 44.1 Å². The van der Waals surface area contributed by atoms with Crippen LogP contribution in [0.1, 0.15) is 27.9 Å². The number of pyridine rings is 1. The van der Waals surface area contributed by atoms with E-state index < -0.39 is 6.29 Å². The summed E-state index contributed by atoms with van der Waals surface area (Å²) in [5.74, 6) is 0.929. The Balaban J connectivity index is 1.15. The van der Waals surface area contributed by atoms with E-state index >= 15 is 0 Å². The Morgan fingerprint density at radius 1 is 1.03 bits per heavy atom.